The zero-order valence-electron chi connectivity index (χ0n) is 17.6. The molecule has 0 radical (unpaired) electrons. The molecule has 7 nitrogen and oxygen atoms in total. The molecule has 2 heterocycles. The minimum atomic E-state index is -0.610. The van der Waals surface area contributed by atoms with E-state index < -0.39 is 6.29 Å². The number of nitrogens with zero attached hydrogens (tertiary/aromatic N) is 1. The van der Waals surface area contributed by atoms with E-state index in [2.05, 4.69) is 15.3 Å². The molecule has 2 atom stereocenters. The van der Waals surface area contributed by atoms with Crippen LogP contribution in [0, 0.1) is 5.82 Å². The fourth-order valence-corrected chi connectivity index (χ4v) is 3.63. The number of benzene rings is 2. The molecular weight excluding hydrogens is 413 g/mol. The van der Waals surface area contributed by atoms with Gasteiger partial charge in [-0.3, -0.25) is 4.79 Å². The maximum atomic E-state index is 13.4. The van der Waals surface area contributed by atoms with Gasteiger partial charge in [-0.15, -0.1) is 0 Å². The molecule has 0 spiro atoms. The van der Waals surface area contributed by atoms with E-state index in [0.717, 1.165) is 16.6 Å². The summed E-state index contributed by atoms with van der Waals surface area (Å²) in [5, 5.41) is 11.8. The third-order valence-electron chi connectivity index (χ3n) is 5.29. The fourth-order valence-electron chi connectivity index (χ4n) is 3.63. The van der Waals surface area contributed by atoms with Gasteiger partial charge in [0.25, 0.3) is 5.91 Å². The van der Waals surface area contributed by atoms with E-state index in [1.54, 1.807) is 18.2 Å². The first-order valence-corrected chi connectivity index (χ1v) is 10.7. The van der Waals surface area contributed by atoms with Crippen molar-refractivity contribution in [3.05, 3.63) is 77.6 Å². The van der Waals surface area contributed by atoms with Crippen LogP contribution >= 0.6 is 0 Å². The molecule has 8 heteroatoms. The number of allylic oxidation sites excluding steroid dienone is 1. The first-order valence-electron chi connectivity index (χ1n) is 10.7. The number of rotatable bonds is 9. The summed E-state index contributed by atoms with van der Waals surface area (Å²) in [6.07, 6.45) is 2.96. The molecule has 0 saturated heterocycles. The zero-order valence-corrected chi connectivity index (χ0v) is 17.6. The second-order valence-corrected chi connectivity index (χ2v) is 7.66. The summed E-state index contributed by atoms with van der Waals surface area (Å²) >= 11 is 0. The molecule has 2 aromatic carbocycles. The van der Waals surface area contributed by atoms with Crippen LogP contribution in [0.3, 0.4) is 0 Å². The highest BCUT2D eigenvalue weighted by Crippen LogP contribution is 2.31. The van der Waals surface area contributed by atoms with Crippen LogP contribution in [0.4, 0.5) is 4.39 Å². The van der Waals surface area contributed by atoms with Crippen LogP contribution in [0.15, 0.2) is 60.4 Å². The average molecular weight is 439 g/mol. The summed E-state index contributed by atoms with van der Waals surface area (Å²) in [5.41, 5.74) is 2.61. The molecule has 168 valence electrons. The molecule has 1 aliphatic heterocycles. The topological polar surface area (TPSA) is 96.5 Å². The van der Waals surface area contributed by atoms with E-state index in [9.17, 15) is 9.18 Å². The number of ether oxygens (including phenoxy) is 2. The Labute approximate surface area is 185 Å². The molecule has 0 aliphatic carbocycles. The molecule has 3 aromatic rings. The first-order chi connectivity index (χ1) is 15.6. The number of aromatic amines is 1. The second-order valence-electron chi connectivity index (χ2n) is 7.66. The van der Waals surface area contributed by atoms with Gasteiger partial charge in [0.2, 0.25) is 6.29 Å². The number of amides is 1. The van der Waals surface area contributed by atoms with Crippen LogP contribution in [0.1, 0.15) is 36.6 Å². The third-order valence-corrected chi connectivity index (χ3v) is 5.29. The highest BCUT2D eigenvalue weighted by molar-refractivity contribution is 5.91. The van der Waals surface area contributed by atoms with Gasteiger partial charge >= 0.3 is 0 Å². The number of aliphatic hydroxyl groups is 1. The second kappa shape index (κ2) is 10.4. The van der Waals surface area contributed by atoms with Crippen molar-refractivity contribution in [2.45, 2.75) is 38.0 Å². The van der Waals surface area contributed by atoms with E-state index in [1.165, 1.54) is 12.1 Å². The van der Waals surface area contributed by atoms with Crippen molar-refractivity contribution < 1.29 is 23.8 Å². The van der Waals surface area contributed by atoms with Gasteiger partial charge in [-0.25, -0.2) is 9.37 Å². The molecule has 3 N–H and O–H groups in total. The molecule has 0 fully saturated rings. The lowest BCUT2D eigenvalue weighted by molar-refractivity contribution is -0.146. The van der Waals surface area contributed by atoms with E-state index in [1.807, 2.05) is 24.3 Å². The molecule has 1 amide bonds. The highest BCUT2D eigenvalue weighted by atomic mass is 19.1. The van der Waals surface area contributed by atoms with Crippen molar-refractivity contribution in [3.63, 3.8) is 0 Å². The number of carbonyl (C=O) groups is 1. The lowest BCUT2D eigenvalue weighted by atomic mass is 9.93. The SMILES string of the molecule is O=C(NCc1nc2ccccc2[nH]1)C1=C[C@@H](c2ccc(F)cc2)C[C@@H](OCCCCO)O1. The summed E-state index contributed by atoms with van der Waals surface area (Å²) < 4.78 is 25.0. The highest BCUT2D eigenvalue weighted by Gasteiger charge is 2.28. The minimum absolute atomic E-state index is 0.0996. The number of hydrogen-bond acceptors (Lipinski definition) is 5. The van der Waals surface area contributed by atoms with Gasteiger partial charge in [-0.1, -0.05) is 24.3 Å². The monoisotopic (exact) mass is 439 g/mol. The van der Waals surface area contributed by atoms with Crippen LogP contribution in [0.2, 0.25) is 0 Å². The number of hydrogen-bond donors (Lipinski definition) is 3. The van der Waals surface area contributed by atoms with Gasteiger partial charge in [-0.2, -0.15) is 0 Å². The number of nitrogens with one attached hydrogen (secondary N) is 2. The number of para-hydroxylation sites is 2. The molecule has 0 unspecified atom stereocenters. The number of imidazole rings is 1. The van der Waals surface area contributed by atoms with Gasteiger partial charge in [0.15, 0.2) is 5.76 Å². The molecule has 0 bridgehead atoms. The summed E-state index contributed by atoms with van der Waals surface area (Å²) in [4.78, 5) is 20.5. The number of aliphatic hydroxyl groups excluding tert-OH is 1. The summed E-state index contributed by atoms with van der Waals surface area (Å²) in [5.74, 6) is -0.0394. The molecule has 32 heavy (non-hydrogen) atoms. The maximum absolute atomic E-state index is 13.4. The quantitative estimate of drug-likeness (QED) is 0.444. The largest absolute Gasteiger partial charge is 0.459 e. The smallest absolute Gasteiger partial charge is 0.286 e. The Kier molecular flexibility index (Phi) is 7.14. The van der Waals surface area contributed by atoms with Gasteiger partial charge in [-0.05, 0) is 48.7 Å². The number of fused-ring (bicyclic) bond motifs is 1. The van der Waals surface area contributed by atoms with E-state index in [0.29, 0.717) is 31.7 Å². The third kappa shape index (κ3) is 5.52. The Morgan fingerprint density at radius 1 is 1.22 bits per heavy atom. The Bertz CT molecular complexity index is 1050. The van der Waals surface area contributed by atoms with Crippen molar-refractivity contribution >= 4 is 16.9 Å². The normalized spacial score (nSPS) is 18.2. The van der Waals surface area contributed by atoms with E-state index in [-0.39, 0.29) is 36.6 Å². The number of H-pyrrole nitrogens is 1. The van der Waals surface area contributed by atoms with E-state index >= 15 is 0 Å². The summed E-state index contributed by atoms with van der Waals surface area (Å²) in [6.45, 7) is 0.731. The molecule has 4 rings (SSSR count). The fraction of sp³-hybridized carbons (Fsp3) is 0.333. The zero-order chi connectivity index (χ0) is 22.3. The van der Waals surface area contributed by atoms with Crippen LogP contribution in [-0.4, -0.2) is 40.5 Å². The minimum Gasteiger partial charge on any atom is -0.459 e. The summed E-state index contributed by atoms with van der Waals surface area (Å²) in [7, 11) is 0. The number of carbonyl (C=O) groups excluding carboxylic acids is 1. The molecule has 1 aliphatic rings. The van der Waals surface area contributed by atoms with Gasteiger partial charge in [0.1, 0.15) is 11.6 Å². The first kappa shape index (κ1) is 22.0. The van der Waals surface area contributed by atoms with Crippen molar-refractivity contribution in [2.24, 2.45) is 0 Å². The number of aromatic nitrogens is 2. The van der Waals surface area contributed by atoms with E-state index in [4.69, 9.17) is 14.6 Å². The maximum Gasteiger partial charge on any atom is 0.286 e. The van der Waals surface area contributed by atoms with Crippen LogP contribution in [-0.2, 0) is 20.8 Å². The van der Waals surface area contributed by atoms with Gasteiger partial charge in [0.05, 0.1) is 24.2 Å². The van der Waals surface area contributed by atoms with Gasteiger partial charge in [0, 0.05) is 18.9 Å². The molecular formula is C24H26FN3O4. The van der Waals surface area contributed by atoms with Crippen molar-refractivity contribution in [1.82, 2.24) is 15.3 Å². The Morgan fingerprint density at radius 3 is 2.81 bits per heavy atom. The molecule has 1 aromatic heterocycles. The van der Waals surface area contributed by atoms with Crippen molar-refractivity contribution in [3.8, 4) is 0 Å². The number of unbranched alkanes of at least 4 members (excludes halogenated alkanes) is 1. The van der Waals surface area contributed by atoms with Gasteiger partial charge < -0.3 is 24.9 Å². The molecule has 0 saturated carbocycles. The predicted octanol–water partition coefficient (Wildman–Crippen LogP) is 3.52. The van der Waals surface area contributed by atoms with Crippen LogP contribution in [0.5, 0.6) is 0 Å². The Balaban J connectivity index is 1.45. The predicted molar refractivity (Wildman–Crippen MR) is 117 cm³/mol. The Morgan fingerprint density at radius 2 is 2.03 bits per heavy atom. The van der Waals surface area contributed by atoms with Crippen LogP contribution in [0.25, 0.3) is 11.0 Å². The lowest BCUT2D eigenvalue weighted by Gasteiger charge is -2.29. The average Bonchev–Trinajstić information content (AvgIpc) is 3.24. The van der Waals surface area contributed by atoms with Crippen molar-refractivity contribution in [1.29, 1.82) is 0 Å². The summed E-state index contributed by atoms with van der Waals surface area (Å²) in [6, 6.07) is 13.8. The standard InChI is InChI=1S/C24H26FN3O4/c25-18-9-7-16(8-10-18)17-13-21(32-23(14-17)31-12-4-3-11-29)24(30)26-15-22-27-19-5-1-2-6-20(19)28-22/h1-2,5-10,13,17,23,29H,3-4,11-12,14-15H2,(H,26,30)(H,27,28)/t17-,23+/m1/s1. The Hall–Kier alpha value is -3.23. The number of halogens is 1. The van der Waals surface area contributed by atoms with Crippen LogP contribution < -0.4 is 5.32 Å². The lowest BCUT2D eigenvalue weighted by Crippen LogP contribution is -2.33. The van der Waals surface area contributed by atoms with Crippen molar-refractivity contribution in [2.75, 3.05) is 13.2 Å².